The summed E-state index contributed by atoms with van der Waals surface area (Å²) >= 11 is 3.41. The number of benzene rings is 1. The second kappa shape index (κ2) is 4.98. The zero-order valence-electron chi connectivity index (χ0n) is 10.4. The minimum absolute atomic E-state index is 0.0553. The van der Waals surface area contributed by atoms with Crippen molar-refractivity contribution in [3.8, 4) is 0 Å². The van der Waals surface area contributed by atoms with Gasteiger partial charge in [0.1, 0.15) is 5.58 Å². The molecule has 1 aromatic heterocycles. The predicted octanol–water partition coefficient (Wildman–Crippen LogP) is 2.76. The van der Waals surface area contributed by atoms with Gasteiger partial charge in [-0.25, -0.2) is 0 Å². The van der Waals surface area contributed by atoms with E-state index in [0.29, 0.717) is 12.3 Å². The van der Waals surface area contributed by atoms with Crippen LogP contribution < -0.4 is 5.73 Å². The Morgan fingerprint density at radius 3 is 3.11 bits per heavy atom. The standard InChI is InChI=1S/C14H15BrN2O2/c15-10-3-4-12-9(6-10)7-13(19-12)14(18)17-5-1-2-11(17)8-16/h3-4,6-7,11H,1-2,5,8,16H2. The Morgan fingerprint density at radius 1 is 1.47 bits per heavy atom. The Bertz CT molecular complexity index is 623. The van der Waals surface area contributed by atoms with Crippen LogP contribution in [0, 0.1) is 0 Å². The second-order valence-electron chi connectivity index (χ2n) is 4.82. The molecule has 1 amide bonds. The normalized spacial score (nSPS) is 19.3. The summed E-state index contributed by atoms with van der Waals surface area (Å²) in [6.07, 6.45) is 1.99. The molecule has 1 aromatic carbocycles. The molecular formula is C14H15BrN2O2. The summed E-state index contributed by atoms with van der Waals surface area (Å²) in [6.45, 7) is 1.28. The fraction of sp³-hybridized carbons (Fsp3) is 0.357. The van der Waals surface area contributed by atoms with Crippen molar-refractivity contribution in [3.05, 3.63) is 34.5 Å². The number of hydrogen-bond donors (Lipinski definition) is 1. The van der Waals surface area contributed by atoms with Gasteiger partial charge in [-0.05, 0) is 37.1 Å². The fourth-order valence-corrected chi connectivity index (χ4v) is 2.99. The van der Waals surface area contributed by atoms with Gasteiger partial charge in [-0.15, -0.1) is 0 Å². The first-order chi connectivity index (χ1) is 9.19. The number of rotatable bonds is 2. The number of carbonyl (C=O) groups excluding carboxylic acids is 1. The smallest absolute Gasteiger partial charge is 0.289 e. The van der Waals surface area contributed by atoms with Crippen molar-refractivity contribution in [2.24, 2.45) is 5.73 Å². The largest absolute Gasteiger partial charge is 0.451 e. The number of halogens is 1. The highest BCUT2D eigenvalue weighted by Crippen LogP contribution is 2.26. The maximum atomic E-state index is 12.4. The zero-order chi connectivity index (χ0) is 13.4. The molecular weight excluding hydrogens is 308 g/mol. The quantitative estimate of drug-likeness (QED) is 0.924. The van der Waals surface area contributed by atoms with Crippen LogP contribution in [-0.4, -0.2) is 29.9 Å². The molecule has 0 radical (unpaired) electrons. The van der Waals surface area contributed by atoms with Crippen molar-refractivity contribution in [2.75, 3.05) is 13.1 Å². The molecule has 2 heterocycles. The summed E-state index contributed by atoms with van der Waals surface area (Å²) in [5, 5.41) is 0.932. The van der Waals surface area contributed by atoms with Crippen LogP contribution in [0.4, 0.5) is 0 Å². The summed E-state index contributed by atoms with van der Waals surface area (Å²) in [6, 6.07) is 7.65. The maximum Gasteiger partial charge on any atom is 0.289 e. The van der Waals surface area contributed by atoms with E-state index in [2.05, 4.69) is 15.9 Å². The average molecular weight is 323 g/mol. The molecule has 1 unspecified atom stereocenters. The molecule has 2 N–H and O–H groups in total. The number of carbonyl (C=O) groups is 1. The number of nitrogens with zero attached hydrogens (tertiary/aromatic N) is 1. The minimum atomic E-state index is -0.0553. The predicted molar refractivity (Wildman–Crippen MR) is 77.0 cm³/mol. The van der Waals surface area contributed by atoms with E-state index in [4.69, 9.17) is 10.2 Å². The molecule has 1 saturated heterocycles. The molecule has 0 bridgehead atoms. The number of nitrogens with two attached hydrogens (primary N) is 1. The third-order valence-corrected chi connectivity index (χ3v) is 4.09. The van der Waals surface area contributed by atoms with E-state index in [9.17, 15) is 4.79 Å². The lowest BCUT2D eigenvalue weighted by Gasteiger charge is -2.22. The summed E-state index contributed by atoms with van der Waals surface area (Å²) < 4.78 is 6.61. The van der Waals surface area contributed by atoms with Gasteiger partial charge in [0.25, 0.3) is 5.91 Å². The molecule has 1 atom stereocenters. The summed E-state index contributed by atoms with van der Waals surface area (Å²) in [4.78, 5) is 14.3. The highest BCUT2D eigenvalue weighted by molar-refractivity contribution is 9.10. The van der Waals surface area contributed by atoms with E-state index < -0.39 is 0 Å². The van der Waals surface area contributed by atoms with Crippen molar-refractivity contribution in [2.45, 2.75) is 18.9 Å². The van der Waals surface area contributed by atoms with Crippen LogP contribution in [0.3, 0.4) is 0 Å². The first kappa shape index (κ1) is 12.7. The molecule has 1 aliphatic rings. The summed E-state index contributed by atoms with van der Waals surface area (Å²) in [7, 11) is 0. The van der Waals surface area contributed by atoms with Crippen molar-refractivity contribution in [1.29, 1.82) is 0 Å². The van der Waals surface area contributed by atoms with E-state index in [0.717, 1.165) is 34.8 Å². The molecule has 5 heteroatoms. The van der Waals surface area contributed by atoms with Crippen LogP contribution in [0.5, 0.6) is 0 Å². The second-order valence-corrected chi connectivity index (χ2v) is 5.74. The number of amides is 1. The Balaban J connectivity index is 1.93. The van der Waals surface area contributed by atoms with Crippen molar-refractivity contribution in [1.82, 2.24) is 4.90 Å². The molecule has 3 rings (SSSR count). The third-order valence-electron chi connectivity index (χ3n) is 3.60. The maximum absolute atomic E-state index is 12.4. The van der Waals surface area contributed by atoms with Crippen LogP contribution in [0.2, 0.25) is 0 Å². The van der Waals surface area contributed by atoms with Crippen molar-refractivity contribution >= 4 is 32.8 Å². The third kappa shape index (κ3) is 2.28. The first-order valence-corrected chi connectivity index (χ1v) is 7.18. The van der Waals surface area contributed by atoms with E-state index in [1.165, 1.54) is 0 Å². The van der Waals surface area contributed by atoms with E-state index in [1.54, 1.807) is 6.07 Å². The van der Waals surface area contributed by atoms with Crippen LogP contribution >= 0.6 is 15.9 Å². The summed E-state index contributed by atoms with van der Waals surface area (Å²) in [5.74, 6) is 0.341. The summed E-state index contributed by atoms with van der Waals surface area (Å²) in [5.41, 5.74) is 6.44. The van der Waals surface area contributed by atoms with E-state index in [1.807, 2.05) is 23.1 Å². The van der Waals surface area contributed by atoms with Crippen molar-refractivity contribution < 1.29 is 9.21 Å². The lowest BCUT2D eigenvalue weighted by Crippen LogP contribution is -2.39. The Labute approximate surface area is 119 Å². The number of hydrogen-bond acceptors (Lipinski definition) is 3. The Morgan fingerprint density at radius 2 is 2.32 bits per heavy atom. The van der Waals surface area contributed by atoms with Crippen molar-refractivity contribution in [3.63, 3.8) is 0 Å². The van der Waals surface area contributed by atoms with Gasteiger partial charge >= 0.3 is 0 Å². The molecule has 19 heavy (non-hydrogen) atoms. The highest BCUT2D eigenvalue weighted by atomic mass is 79.9. The Kier molecular flexibility index (Phi) is 3.33. The number of likely N-dealkylation sites (tertiary alicyclic amines) is 1. The monoisotopic (exact) mass is 322 g/mol. The van der Waals surface area contributed by atoms with Gasteiger partial charge in [0, 0.05) is 29.0 Å². The SMILES string of the molecule is NCC1CCCN1C(=O)c1cc2cc(Br)ccc2o1. The zero-order valence-corrected chi connectivity index (χ0v) is 12.0. The number of furan rings is 1. The fourth-order valence-electron chi connectivity index (χ4n) is 2.61. The van der Waals surface area contributed by atoms with Gasteiger partial charge in [0.2, 0.25) is 0 Å². The average Bonchev–Trinajstić information content (AvgIpc) is 3.03. The molecule has 0 aliphatic carbocycles. The molecule has 0 spiro atoms. The van der Waals surface area contributed by atoms with E-state index in [-0.39, 0.29) is 11.9 Å². The molecule has 4 nitrogen and oxygen atoms in total. The van der Waals surface area contributed by atoms with Gasteiger partial charge in [-0.2, -0.15) is 0 Å². The van der Waals surface area contributed by atoms with Crippen LogP contribution in [0.1, 0.15) is 23.4 Å². The topological polar surface area (TPSA) is 59.5 Å². The molecule has 0 saturated carbocycles. The lowest BCUT2D eigenvalue weighted by molar-refractivity contribution is 0.0711. The highest BCUT2D eigenvalue weighted by Gasteiger charge is 2.30. The lowest BCUT2D eigenvalue weighted by atomic mass is 10.2. The molecule has 100 valence electrons. The minimum Gasteiger partial charge on any atom is -0.451 e. The van der Waals surface area contributed by atoms with Gasteiger partial charge in [0.15, 0.2) is 5.76 Å². The van der Waals surface area contributed by atoms with Gasteiger partial charge < -0.3 is 15.1 Å². The first-order valence-electron chi connectivity index (χ1n) is 6.39. The molecule has 1 fully saturated rings. The van der Waals surface area contributed by atoms with Gasteiger partial charge in [-0.3, -0.25) is 4.79 Å². The van der Waals surface area contributed by atoms with E-state index >= 15 is 0 Å². The Hall–Kier alpha value is -1.33. The molecule has 2 aromatic rings. The molecule has 1 aliphatic heterocycles. The van der Waals surface area contributed by atoms with Crippen LogP contribution in [-0.2, 0) is 0 Å². The van der Waals surface area contributed by atoms with Gasteiger partial charge in [-0.1, -0.05) is 15.9 Å². The van der Waals surface area contributed by atoms with Gasteiger partial charge in [0.05, 0.1) is 0 Å². The van der Waals surface area contributed by atoms with Crippen LogP contribution in [0.15, 0.2) is 33.2 Å². The van der Waals surface area contributed by atoms with Crippen LogP contribution in [0.25, 0.3) is 11.0 Å². The number of fused-ring (bicyclic) bond motifs is 1.